The molecule has 0 aliphatic heterocycles. The third-order valence-electron chi connectivity index (χ3n) is 2.28. The molecule has 1 unspecified atom stereocenters. The van der Waals surface area contributed by atoms with Crippen molar-refractivity contribution in [3.05, 3.63) is 23.4 Å². The minimum absolute atomic E-state index is 0.137. The van der Waals surface area contributed by atoms with Crippen LogP contribution in [0.1, 0.15) is 29.9 Å². The quantitative estimate of drug-likeness (QED) is 0.792. The second kappa shape index (κ2) is 6.20. The molecule has 0 aliphatic carbocycles. The topological polar surface area (TPSA) is 71.5 Å². The zero-order valence-corrected chi connectivity index (χ0v) is 10.4. The Bertz CT molecular complexity index is 393. The van der Waals surface area contributed by atoms with Crippen LogP contribution in [0.25, 0.3) is 0 Å². The number of pyridine rings is 1. The van der Waals surface area contributed by atoms with Crippen molar-refractivity contribution in [2.75, 3.05) is 18.5 Å². The number of hydrogen-bond acceptors (Lipinski definition) is 4. The molecule has 0 spiro atoms. The van der Waals surface area contributed by atoms with Crippen LogP contribution in [0.3, 0.4) is 0 Å². The molecule has 1 rings (SSSR count). The van der Waals surface area contributed by atoms with Crippen LogP contribution in [0.4, 0.5) is 5.82 Å². The fourth-order valence-corrected chi connectivity index (χ4v) is 1.46. The first-order chi connectivity index (χ1) is 8.04. The number of aromatic carboxylic acids is 1. The maximum atomic E-state index is 10.8. The Morgan fingerprint density at radius 1 is 1.59 bits per heavy atom. The molecule has 5 nitrogen and oxygen atoms in total. The Kier molecular flexibility index (Phi) is 4.90. The summed E-state index contributed by atoms with van der Waals surface area (Å²) >= 11 is 0. The summed E-state index contributed by atoms with van der Waals surface area (Å²) in [7, 11) is 0. The molecule has 17 heavy (non-hydrogen) atoms. The molecule has 0 bridgehead atoms. The van der Waals surface area contributed by atoms with Gasteiger partial charge in [-0.25, -0.2) is 9.78 Å². The lowest BCUT2D eigenvalue weighted by Crippen LogP contribution is -2.22. The van der Waals surface area contributed by atoms with Crippen molar-refractivity contribution >= 4 is 11.8 Å². The molecule has 5 heteroatoms. The van der Waals surface area contributed by atoms with Crippen LogP contribution in [0, 0.1) is 6.92 Å². The van der Waals surface area contributed by atoms with E-state index < -0.39 is 5.97 Å². The molecular formula is C12H18N2O3. The summed E-state index contributed by atoms with van der Waals surface area (Å²) in [5.41, 5.74) is 0.735. The summed E-state index contributed by atoms with van der Waals surface area (Å²) in [5.74, 6) is -0.288. The number of hydrogen-bond donors (Lipinski definition) is 2. The van der Waals surface area contributed by atoms with Crippen LogP contribution in [-0.2, 0) is 4.74 Å². The Morgan fingerprint density at radius 2 is 2.29 bits per heavy atom. The molecule has 1 aromatic heterocycles. The van der Waals surface area contributed by atoms with Gasteiger partial charge >= 0.3 is 5.97 Å². The van der Waals surface area contributed by atoms with E-state index >= 15 is 0 Å². The van der Waals surface area contributed by atoms with Gasteiger partial charge in [0.2, 0.25) is 0 Å². The van der Waals surface area contributed by atoms with Crippen LogP contribution < -0.4 is 5.32 Å². The summed E-state index contributed by atoms with van der Waals surface area (Å²) in [6.45, 7) is 6.88. The van der Waals surface area contributed by atoms with Crippen molar-refractivity contribution in [1.29, 1.82) is 0 Å². The van der Waals surface area contributed by atoms with Crippen molar-refractivity contribution in [2.45, 2.75) is 26.8 Å². The Hall–Kier alpha value is -1.62. The van der Waals surface area contributed by atoms with Crippen LogP contribution >= 0.6 is 0 Å². The number of carboxylic acids is 1. The van der Waals surface area contributed by atoms with Gasteiger partial charge in [0.05, 0.1) is 17.9 Å². The number of anilines is 1. The minimum atomic E-state index is -0.955. The molecule has 0 fully saturated rings. The molecule has 0 aromatic carbocycles. The van der Waals surface area contributed by atoms with Crippen LogP contribution in [0.2, 0.25) is 0 Å². The van der Waals surface area contributed by atoms with E-state index in [4.69, 9.17) is 9.84 Å². The van der Waals surface area contributed by atoms with Crippen molar-refractivity contribution in [2.24, 2.45) is 0 Å². The maximum absolute atomic E-state index is 10.8. The molecule has 0 radical (unpaired) electrons. The molecule has 1 atom stereocenters. The van der Waals surface area contributed by atoms with Gasteiger partial charge < -0.3 is 15.2 Å². The highest BCUT2D eigenvalue weighted by atomic mass is 16.5. The maximum Gasteiger partial charge on any atom is 0.337 e. The van der Waals surface area contributed by atoms with E-state index in [0.717, 1.165) is 0 Å². The third-order valence-corrected chi connectivity index (χ3v) is 2.28. The fourth-order valence-electron chi connectivity index (χ4n) is 1.46. The van der Waals surface area contributed by atoms with Gasteiger partial charge in [-0.3, -0.25) is 0 Å². The van der Waals surface area contributed by atoms with Gasteiger partial charge in [-0.05, 0) is 32.9 Å². The minimum Gasteiger partial charge on any atom is -0.478 e. The highest BCUT2D eigenvalue weighted by Crippen LogP contribution is 2.11. The summed E-state index contributed by atoms with van der Waals surface area (Å²) in [6.07, 6.45) is 0. The highest BCUT2D eigenvalue weighted by Gasteiger charge is 2.09. The van der Waals surface area contributed by atoms with E-state index in [-0.39, 0.29) is 11.6 Å². The fraction of sp³-hybridized carbons (Fsp3) is 0.500. The lowest BCUT2D eigenvalue weighted by molar-refractivity contribution is 0.0695. The second-order valence-corrected chi connectivity index (χ2v) is 3.84. The van der Waals surface area contributed by atoms with Crippen LogP contribution in [0.5, 0.6) is 0 Å². The predicted molar refractivity (Wildman–Crippen MR) is 65.5 cm³/mol. The normalized spacial score (nSPS) is 12.2. The van der Waals surface area contributed by atoms with Gasteiger partial charge in [0.1, 0.15) is 5.82 Å². The number of rotatable bonds is 6. The highest BCUT2D eigenvalue weighted by molar-refractivity contribution is 5.89. The van der Waals surface area contributed by atoms with Crippen molar-refractivity contribution in [1.82, 2.24) is 4.98 Å². The average molecular weight is 238 g/mol. The Morgan fingerprint density at radius 3 is 2.82 bits per heavy atom. The lowest BCUT2D eigenvalue weighted by atomic mass is 10.2. The third kappa shape index (κ3) is 4.03. The Balaban J connectivity index is 2.67. The van der Waals surface area contributed by atoms with Crippen molar-refractivity contribution in [3.8, 4) is 0 Å². The smallest absolute Gasteiger partial charge is 0.337 e. The van der Waals surface area contributed by atoms with Gasteiger partial charge in [0, 0.05) is 12.6 Å². The van der Waals surface area contributed by atoms with E-state index in [1.807, 2.05) is 13.8 Å². The second-order valence-electron chi connectivity index (χ2n) is 3.84. The number of nitrogens with one attached hydrogen (secondary N) is 1. The van der Waals surface area contributed by atoms with Crippen molar-refractivity contribution < 1.29 is 14.6 Å². The van der Waals surface area contributed by atoms with Gasteiger partial charge in [-0.2, -0.15) is 0 Å². The number of nitrogens with zero attached hydrogens (tertiary/aromatic N) is 1. The summed E-state index contributed by atoms with van der Waals surface area (Å²) in [5, 5.41) is 12.0. The molecule has 1 heterocycles. The molecule has 1 aromatic rings. The molecule has 0 saturated heterocycles. The number of ether oxygens (including phenoxy) is 1. The molecule has 0 amide bonds. The van der Waals surface area contributed by atoms with Gasteiger partial charge in [-0.15, -0.1) is 0 Å². The van der Waals surface area contributed by atoms with E-state index in [1.165, 1.54) is 0 Å². The van der Waals surface area contributed by atoms with Crippen molar-refractivity contribution in [3.63, 3.8) is 0 Å². The first-order valence-electron chi connectivity index (χ1n) is 5.59. The van der Waals surface area contributed by atoms with Gasteiger partial charge in [0.25, 0.3) is 0 Å². The van der Waals surface area contributed by atoms with E-state index in [1.54, 1.807) is 19.1 Å². The predicted octanol–water partition coefficient (Wildman–Crippen LogP) is 1.93. The van der Waals surface area contributed by atoms with E-state index in [9.17, 15) is 4.79 Å². The monoisotopic (exact) mass is 238 g/mol. The summed E-state index contributed by atoms with van der Waals surface area (Å²) in [6, 6.07) is 3.36. The van der Waals surface area contributed by atoms with Gasteiger partial charge in [0.15, 0.2) is 0 Å². The summed E-state index contributed by atoms with van der Waals surface area (Å²) in [4.78, 5) is 15.0. The average Bonchev–Trinajstić information content (AvgIpc) is 2.26. The molecular weight excluding hydrogens is 220 g/mol. The van der Waals surface area contributed by atoms with Gasteiger partial charge in [-0.1, -0.05) is 0 Å². The zero-order valence-electron chi connectivity index (χ0n) is 10.4. The number of aryl methyl sites for hydroxylation is 1. The molecule has 0 aliphatic rings. The molecule has 0 saturated carbocycles. The lowest BCUT2D eigenvalue weighted by Gasteiger charge is -2.14. The van der Waals surface area contributed by atoms with E-state index in [0.29, 0.717) is 24.7 Å². The molecule has 94 valence electrons. The SMILES string of the molecule is CCOCC(C)Nc1ccc(C(=O)O)c(C)n1. The molecule has 2 N–H and O–H groups in total. The summed E-state index contributed by atoms with van der Waals surface area (Å²) < 4.78 is 5.28. The van der Waals surface area contributed by atoms with Crippen LogP contribution in [-0.4, -0.2) is 35.3 Å². The number of carboxylic acid groups (broad SMARTS) is 1. The first kappa shape index (κ1) is 13.4. The Labute approximate surface area is 101 Å². The zero-order chi connectivity index (χ0) is 12.8. The standard InChI is InChI=1S/C12H18N2O3/c1-4-17-7-8(2)13-11-6-5-10(12(15)16)9(3)14-11/h5-6,8H,4,7H2,1-3H3,(H,13,14)(H,15,16). The first-order valence-corrected chi connectivity index (χ1v) is 5.59. The number of carbonyl (C=O) groups is 1. The van der Waals surface area contributed by atoms with E-state index in [2.05, 4.69) is 10.3 Å². The number of aromatic nitrogens is 1. The largest absolute Gasteiger partial charge is 0.478 e. The van der Waals surface area contributed by atoms with Crippen LogP contribution in [0.15, 0.2) is 12.1 Å².